The number of ether oxygens (including phenoxy) is 2. The molecule has 0 radical (unpaired) electrons. The summed E-state index contributed by atoms with van der Waals surface area (Å²) in [4.78, 5) is 10.5. The summed E-state index contributed by atoms with van der Waals surface area (Å²) >= 11 is 3.44. The molecule has 0 bridgehead atoms. The molecule has 0 aromatic heterocycles. The van der Waals surface area contributed by atoms with E-state index in [0.29, 0.717) is 18.0 Å². The van der Waals surface area contributed by atoms with Crippen molar-refractivity contribution in [2.45, 2.75) is 26.5 Å². The number of halogens is 1. The first-order chi connectivity index (χ1) is 8.93. The summed E-state index contributed by atoms with van der Waals surface area (Å²) in [5.74, 6) is 0.401. The Hall–Kier alpha value is -1.27. The largest absolute Gasteiger partial charge is 0.493 e. The Bertz CT molecular complexity index is 449. The van der Waals surface area contributed by atoms with Crippen molar-refractivity contribution in [1.29, 1.82) is 0 Å². The molecule has 1 aromatic rings. The maximum Gasteiger partial charge on any atom is 0.317 e. The molecule has 0 amide bonds. The van der Waals surface area contributed by atoms with E-state index in [4.69, 9.17) is 14.6 Å². The molecule has 19 heavy (non-hydrogen) atoms. The summed E-state index contributed by atoms with van der Waals surface area (Å²) in [5, 5.41) is 11.4. The molecular weight excluding hydrogens is 314 g/mol. The van der Waals surface area contributed by atoms with E-state index in [1.54, 1.807) is 7.11 Å². The topological polar surface area (TPSA) is 67.8 Å². The molecule has 0 aliphatic heterocycles. The van der Waals surface area contributed by atoms with E-state index in [1.807, 2.05) is 26.0 Å². The van der Waals surface area contributed by atoms with Crippen LogP contribution in [0.15, 0.2) is 16.6 Å². The first-order valence-corrected chi connectivity index (χ1v) is 6.69. The van der Waals surface area contributed by atoms with Gasteiger partial charge in [-0.25, -0.2) is 0 Å². The fourth-order valence-electron chi connectivity index (χ4n) is 1.52. The van der Waals surface area contributed by atoms with E-state index >= 15 is 0 Å². The number of methoxy groups -OCH3 is 1. The summed E-state index contributed by atoms with van der Waals surface area (Å²) in [6.45, 7) is 4.23. The first-order valence-electron chi connectivity index (χ1n) is 5.89. The molecule has 1 aromatic carbocycles. The second-order valence-corrected chi connectivity index (χ2v) is 5.11. The third-order valence-electron chi connectivity index (χ3n) is 2.29. The molecule has 1 rings (SSSR count). The van der Waals surface area contributed by atoms with E-state index < -0.39 is 5.97 Å². The average Bonchev–Trinajstić information content (AvgIpc) is 2.30. The lowest BCUT2D eigenvalue weighted by atomic mass is 10.2. The number of rotatable bonds is 7. The quantitative estimate of drug-likeness (QED) is 0.803. The van der Waals surface area contributed by atoms with Gasteiger partial charge in [-0.1, -0.05) is 15.9 Å². The van der Waals surface area contributed by atoms with Gasteiger partial charge in [0.15, 0.2) is 11.5 Å². The first kappa shape index (κ1) is 15.8. The van der Waals surface area contributed by atoms with E-state index in [2.05, 4.69) is 21.2 Å². The molecule has 6 heteroatoms. The number of hydrogen-bond acceptors (Lipinski definition) is 4. The molecule has 5 nitrogen and oxygen atoms in total. The predicted molar refractivity (Wildman–Crippen MR) is 75.8 cm³/mol. The number of benzene rings is 1. The van der Waals surface area contributed by atoms with Crippen LogP contribution in [0.2, 0.25) is 0 Å². The van der Waals surface area contributed by atoms with Crippen molar-refractivity contribution < 1.29 is 19.4 Å². The number of carboxylic acid groups (broad SMARTS) is 1. The van der Waals surface area contributed by atoms with Crippen molar-refractivity contribution in [1.82, 2.24) is 5.32 Å². The van der Waals surface area contributed by atoms with E-state index in [-0.39, 0.29) is 12.6 Å². The minimum absolute atomic E-state index is 0.0526. The second kappa shape index (κ2) is 7.35. The number of nitrogens with one attached hydrogen (secondary N) is 1. The van der Waals surface area contributed by atoms with Crippen LogP contribution in [-0.2, 0) is 11.3 Å². The van der Waals surface area contributed by atoms with Gasteiger partial charge in [-0.3, -0.25) is 4.79 Å². The van der Waals surface area contributed by atoms with Crippen LogP contribution in [-0.4, -0.2) is 30.8 Å². The zero-order chi connectivity index (χ0) is 14.4. The van der Waals surface area contributed by atoms with Gasteiger partial charge in [0.05, 0.1) is 19.8 Å². The second-order valence-electron chi connectivity index (χ2n) is 4.26. The Labute approximate surface area is 121 Å². The summed E-state index contributed by atoms with van der Waals surface area (Å²) in [6.07, 6.45) is 0.0526. The van der Waals surface area contributed by atoms with Gasteiger partial charge in [-0.05, 0) is 31.5 Å². The SMILES string of the molecule is COc1cc(CNCC(=O)O)c(Br)cc1OC(C)C. The van der Waals surface area contributed by atoms with Crippen LogP contribution < -0.4 is 14.8 Å². The highest BCUT2D eigenvalue weighted by atomic mass is 79.9. The molecule has 0 saturated carbocycles. The van der Waals surface area contributed by atoms with Crippen molar-refractivity contribution in [3.05, 3.63) is 22.2 Å². The maximum atomic E-state index is 10.5. The molecule has 0 unspecified atom stereocenters. The van der Waals surface area contributed by atoms with Gasteiger partial charge >= 0.3 is 5.97 Å². The molecule has 2 N–H and O–H groups in total. The summed E-state index contributed by atoms with van der Waals surface area (Å²) < 4.78 is 11.8. The van der Waals surface area contributed by atoms with Crippen LogP contribution in [0, 0.1) is 0 Å². The third-order valence-corrected chi connectivity index (χ3v) is 3.03. The molecule has 0 saturated heterocycles. The van der Waals surface area contributed by atoms with Crippen LogP contribution >= 0.6 is 15.9 Å². The van der Waals surface area contributed by atoms with E-state index in [9.17, 15) is 4.79 Å². The van der Waals surface area contributed by atoms with Gasteiger partial charge in [0.25, 0.3) is 0 Å². The van der Waals surface area contributed by atoms with Crippen LogP contribution in [0.5, 0.6) is 11.5 Å². The van der Waals surface area contributed by atoms with Crippen molar-refractivity contribution >= 4 is 21.9 Å². The predicted octanol–water partition coefficient (Wildman–Crippen LogP) is 2.42. The van der Waals surface area contributed by atoms with Gasteiger partial charge < -0.3 is 19.9 Å². The van der Waals surface area contributed by atoms with Gasteiger partial charge in [-0.2, -0.15) is 0 Å². The Morgan fingerprint density at radius 3 is 2.63 bits per heavy atom. The number of aliphatic carboxylic acids is 1. The standard InChI is InChI=1S/C13H18BrNO4/c1-8(2)19-12-5-10(14)9(4-11(12)18-3)6-15-7-13(16)17/h4-5,8,15H,6-7H2,1-3H3,(H,16,17). The Kier molecular flexibility index (Phi) is 6.11. The van der Waals surface area contributed by atoms with Crippen molar-refractivity contribution in [2.24, 2.45) is 0 Å². The highest BCUT2D eigenvalue weighted by molar-refractivity contribution is 9.10. The van der Waals surface area contributed by atoms with Gasteiger partial charge in [0, 0.05) is 11.0 Å². The third kappa shape index (κ3) is 5.08. The van der Waals surface area contributed by atoms with Gasteiger partial charge in [0.2, 0.25) is 0 Å². The molecule has 0 fully saturated rings. The highest BCUT2D eigenvalue weighted by Gasteiger charge is 2.11. The van der Waals surface area contributed by atoms with Crippen LogP contribution in [0.3, 0.4) is 0 Å². The van der Waals surface area contributed by atoms with Crippen molar-refractivity contribution in [3.63, 3.8) is 0 Å². The normalized spacial score (nSPS) is 10.6. The molecule has 0 heterocycles. The number of carbonyl (C=O) groups is 1. The molecule has 0 spiro atoms. The van der Waals surface area contributed by atoms with Crippen molar-refractivity contribution in [3.8, 4) is 11.5 Å². The minimum Gasteiger partial charge on any atom is -0.493 e. The van der Waals surface area contributed by atoms with Gasteiger partial charge in [-0.15, -0.1) is 0 Å². The summed E-state index contributed by atoms with van der Waals surface area (Å²) in [7, 11) is 1.57. The minimum atomic E-state index is -0.886. The number of carboxylic acids is 1. The highest BCUT2D eigenvalue weighted by Crippen LogP contribution is 2.34. The Morgan fingerprint density at radius 1 is 1.42 bits per heavy atom. The maximum absolute atomic E-state index is 10.5. The Morgan fingerprint density at radius 2 is 2.11 bits per heavy atom. The monoisotopic (exact) mass is 331 g/mol. The fraction of sp³-hybridized carbons (Fsp3) is 0.462. The lowest BCUT2D eigenvalue weighted by Crippen LogP contribution is -2.22. The van der Waals surface area contributed by atoms with E-state index in [0.717, 1.165) is 10.0 Å². The number of hydrogen-bond donors (Lipinski definition) is 2. The van der Waals surface area contributed by atoms with Gasteiger partial charge in [0.1, 0.15) is 0 Å². The molecule has 106 valence electrons. The van der Waals surface area contributed by atoms with Crippen LogP contribution in [0.25, 0.3) is 0 Å². The molecular formula is C13H18BrNO4. The van der Waals surface area contributed by atoms with E-state index in [1.165, 1.54) is 0 Å². The molecule has 0 aliphatic rings. The fourth-order valence-corrected chi connectivity index (χ4v) is 1.98. The smallest absolute Gasteiger partial charge is 0.317 e. The van der Waals surface area contributed by atoms with Crippen LogP contribution in [0.4, 0.5) is 0 Å². The van der Waals surface area contributed by atoms with Crippen LogP contribution in [0.1, 0.15) is 19.4 Å². The lowest BCUT2D eigenvalue weighted by Gasteiger charge is -2.16. The summed E-state index contributed by atoms with van der Waals surface area (Å²) in [5.41, 5.74) is 0.911. The zero-order valence-electron chi connectivity index (χ0n) is 11.2. The summed E-state index contributed by atoms with van der Waals surface area (Å²) in [6, 6.07) is 3.66. The van der Waals surface area contributed by atoms with Crippen molar-refractivity contribution in [2.75, 3.05) is 13.7 Å². The lowest BCUT2D eigenvalue weighted by molar-refractivity contribution is -0.135. The zero-order valence-corrected chi connectivity index (χ0v) is 12.8. The average molecular weight is 332 g/mol. The molecule has 0 aliphatic carbocycles. The molecule has 0 atom stereocenters. The Balaban J connectivity index is 2.86.